The standard InChI is InChI=1S/C10H24N2/c1-8(2)7-11-12(9(3)4)10(5)6/h8-11H,7H2,1-6H3. The fourth-order valence-electron chi connectivity index (χ4n) is 1.25. The number of hydrogen-bond donors (Lipinski definition) is 1. The van der Waals surface area contributed by atoms with Gasteiger partial charge in [0.15, 0.2) is 0 Å². The first-order chi connectivity index (χ1) is 5.45. The van der Waals surface area contributed by atoms with E-state index in [0.29, 0.717) is 18.0 Å². The average molecular weight is 172 g/mol. The second-order valence-electron chi connectivity index (χ2n) is 4.35. The van der Waals surface area contributed by atoms with Crippen LogP contribution in [0.2, 0.25) is 0 Å². The van der Waals surface area contributed by atoms with E-state index >= 15 is 0 Å². The van der Waals surface area contributed by atoms with Gasteiger partial charge in [-0.15, -0.1) is 0 Å². The molecule has 0 aliphatic carbocycles. The Bertz CT molecular complexity index is 100. The molecule has 1 N–H and O–H groups in total. The Morgan fingerprint density at radius 2 is 1.33 bits per heavy atom. The van der Waals surface area contributed by atoms with E-state index in [0.717, 1.165) is 6.54 Å². The van der Waals surface area contributed by atoms with Gasteiger partial charge in [-0.1, -0.05) is 13.8 Å². The van der Waals surface area contributed by atoms with Gasteiger partial charge in [-0.05, 0) is 33.6 Å². The van der Waals surface area contributed by atoms with E-state index in [9.17, 15) is 0 Å². The molecular formula is C10H24N2. The Hall–Kier alpha value is -0.0800. The maximum absolute atomic E-state index is 3.45. The van der Waals surface area contributed by atoms with Crippen molar-refractivity contribution in [3.63, 3.8) is 0 Å². The van der Waals surface area contributed by atoms with Gasteiger partial charge < -0.3 is 0 Å². The Morgan fingerprint density at radius 1 is 0.917 bits per heavy atom. The van der Waals surface area contributed by atoms with E-state index in [1.54, 1.807) is 0 Å². The highest BCUT2D eigenvalue weighted by Crippen LogP contribution is 2.01. The Balaban J connectivity index is 3.80. The van der Waals surface area contributed by atoms with Crippen molar-refractivity contribution in [2.24, 2.45) is 5.92 Å². The van der Waals surface area contributed by atoms with Gasteiger partial charge in [-0.2, -0.15) is 0 Å². The SMILES string of the molecule is CC(C)CNN(C(C)C)C(C)C. The summed E-state index contributed by atoms with van der Waals surface area (Å²) in [6.45, 7) is 14.4. The van der Waals surface area contributed by atoms with Crippen molar-refractivity contribution >= 4 is 0 Å². The van der Waals surface area contributed by atoms with Crippen molar-refractivity contribution in [2.45, 2.75) is 53.6 Å². The van der Waals surface area contributed by atoms with Crippen molar-refractivity contribution in [1.82, 2.24) is 10.4 Å². The van der Waals surface area contributed by atoms with Gasteiger partial charge in [-0.25, -0.2) is 5.01 Å². The molecule has 0 radical (unpaired) electrons. The average Bonchev–Trinajstić information content (AvgIpc) is 1.84. The summed E-state index contributed by atoms with van der Waals surface area (Å²) in [7, 11) is 0. The number of rotatable bonds is 5. The van der Waals surface area contributed by atoms with Gasteiger partial charge in [0, 0.05) is 18.6 Å². The zero-order chi connectivity index (χ0) is 9.72. The van der Waals surface area contributed by atoms with Gasteiger partial charge in [0.25, 0.3) is 0 Å². The first kappa shape index (κ1) is 11.9. The lowest BCUT2D eigenvalue weighted by Crippen LogP contribution is -2.48. The lowest BCUT2D eigenvalue weighted by molar-refractivity contribution is 0.0971. The van der Waals surface area contributed by atoms with E-state index in [-0.39, 0.29) is 0 Å². The van der Waals surface area contributed by atoms with Crippen LogP contribution in [0.1, 0.15) is 41.5 Å². The van der Waals surface area contributed by atoms with Crippen LogP contribution in [0.4, 0.5) is 0 Å². The van der Waals surface area contributed by atoms with E-state index in [1.807, 2.05) is 0 Å². The summed E-state index contributed by atoms with van der Waals surface area (Å²) in [4.78, 5) is 0. The van der Waals surface area contributed by atoms with Crippen molar-refractivity contribution in [3.05, 3.63) is 0 Å². The predicted molar refractivity (Wildman–Crippen MR) is 55.0 cm³/mol. The third kappa shape index (κ3) is 4.73. The van der Waals surface area contributed by atoms with Crippen LogP contribution in [0.15, 0.2) is 0 Å². The molecule has 2 nitrogen and oxygen atoms in total. The summed E-state index contributed by atoms with van der Waals surface area (Å²) in [5.74, 6) is 0.713. The molecule has 0 rings (SSSR count). The van der Waals surface area contributed by atoms with Crippen LogP contribution in [0.3, 0.4) is 0 Å². The summed E-state index contributed by atoms with van der Waals surface area (Å²) in [6, 6.07) is 1.15. The molecule has 0 aromatic heterocycles. The first-order valence-corrected chi connectivity index (χ1v) is 4.97. The van der Waals surface area contributed by atoms with Crippen molar-refractivity contribution < 1.29 is 0 Å². The molecule has 0 aliphatic heterocycles. The molecule has 0 amide bonds. The summed E-state index contributed by atoms with van der Waals surface area (Å²) < 4.78 is 0. The van der Waals surface area contributed by atoms with Crippen LogP contribution in [0.5, 0.6) is 0 Å². The number of nitrogens with one attached hydrogen (secondary N) is 1. The minimum absolute atomic E-state index is 0.573. The predicted octanol–water partition coefficient (Wildman–Crippen LogP) is 2.27. The van der Waals surface area contributed by atoms with Gasteiger partial charge in [0.05, 0.1) is 0 Å². The third-order valence-corrected chi connectivity index (χ3v) is 1.79. The van der Waals surface area contributed by atoms with Gasteiger partial charge in [-0.3, -0.25) is 5.43 Å². The molecule has 12 heavy (non-hydrogen) atoms. The van der Waals surface area contributed by atoms with Crippen molar-refractivity contribution in [2.75, 3.05) is 6.54 Å². The van der Waals surface area contributed by atoms with Crippen LogP contribution in [0, 0.1) is 5.92 Å². The van der Waals surface area contributed by atoms with Crippen molar-refractivity contribution in [3.8, 4) is 0 Å². The van der Waals surface area contributed by atoms with Crippen LogP contribution in [-0.4, -0.2) is 23.6 Å². The van der Waals surface area contributed by atoms with Crippen LogP contribution < -0.4 is 5.43 Å². The van der Waals surface area contributed by atoms with Gasteiger partial charge >= 0.3 is 0 Å². The summed E-state index contributed by atoms with van der Waals surface area (Å²) in [6.07, 6.45) is 0. The highest BCUT2D eigenvalue weighted by atomic mass is 15.5. The zero-order valence-electron chi connectivity index (χ0n) is 9.39. The molecule has 0 atom stereocenters. The van der Waals surface area contributed by atoms with Crippen molar-refractivity contribution in [1.29, 1.82) is 0 Å². The van der Waals surface area contributed by atoms with E-state index in [4.69, 9.17) is 0 Å². The normalized spacial score (nSPS) is 12.5. The molecule has 0 bridgehead atoms. The molecule has 0 aliphatic rings. The smallest absolute Gasteiger partial charge is 0.0189 e. The molecule has 0 unspecified atom stereocenters. The maximum Gasteiger partial charge on any atom is 0.0189 e. The molecule has 0 heterocycles. The summed E-state index contributed by atoms with van der Waals surface area (Å²) in [5, 5.41) is 2.31. The van der Waals surface area contributed by atoms with E-state index in [1.165, 1.54) is 0 Å². The molecular weight excluding hydrogens is 148 g/mol. The largest absolute Gasteiger partial charge is 0.254 e. The van der Waals surface area contributed by atoms with E-state index in [2.05, 4.69) is 52.0 Å². The molecule has 0 saturated carbocycles. The first-order valence-electron chi connectivity index (χ1n) is 4.97. The highest BCUT2D eigenvalue weighted by molar-refractivity contribution is 4.63. The second kappa shape index (κ2) is 5.55. The lowest BCUT2D eigenvalue weighted by Gasteiger charge is -2.31. The molecule has 0 saturated heterocycles. The maximum atomic E-state index is 3.45. The topological polar surface area (TPSA) is 15.3 Å². The van der Waals surface area contributed by atoms with Crippen LogP contribution >= 0.6 is 0 Å². The fourth-order valence-corrected chi connectivity index (χ4v) is 1.25. The van der Waals surface area contributed by atoms with Gasteiger partial charge in [0.1, 0.15) is 0 Å². The minimum atomic E-state index is 0.573. The fraction of sp³-hybridized carbons (Fsp3) is 1.00. The van der Waals surface area contributed by atoms with Gasteiger partial charge in [0.2, 0.25) is 0 Å². The Kier molecular flexibility index (Phi) is 5.51. The summed E-state index contributed by atoms with van der Waals surface area (Å²) >= 11 is 0. The Morgan fingerprint density at radius 3 is 1.58 bits per heavy atom. The molecule has 0 fully saturated rings. The molecule has 0 aromatic rings. The second-order valence-corrected chi connectivity index (χ2v) is 4.35. The van der Waals surface area contributed by atoms with E-state index < -0.39 is 0 Å². The quantitative estimate of drug-likeness (QED) is 0.640. The third-order valence-electron chi connectivity index (χ3n) is 1.79. The summed E-state index contributed by atoms with van der Waals surface area (Å²) in [5.41, 5.74) is 3.45. The zero-order valence-corrected chi connectivity index (χ0v) is 9.39. The van der Waals surface area contributed by atoms with Crippen LogP contribution in [-0.2, 0) is 0 Å². The van der Waals surface area contributed by atoms with Crippen LogP contribution in [0.25, 0.3) is 0 Å². The lowest BCUT2D eigenvalue weighted by atomic mass is 10.2. The monoisotopic (exact) mass is 172 g/mol. The molecule has 2 heteroatoms. The molecule has 74 valence electrons. The Labute approximate surface area is 77.3 Å². The molecule has 0 spiro atoms. The highest BCUT2D eigenvalue weighted by Gasteiger charge is 2.12. The molecule has 0 aromatic carbocycles. The number of hydrazine groups is 1. The number of nitrogens with zero attached hydrogens (tertiary/aromatic N) is 1. The minimum Gasteiger partial charge on any atom is -0.254 e. The number of hydrogen-bond acceptors (Lipinski definition) is 2.